The van der Waals surface area contributed by atoms with Crippen LogP contribution >= 0.6 is 46.9 Å². The molecular formula is C85H83ClF14N12O12S3. The molecule has 0 aliphatic carbocycles. The van der Waals surface area contributed by atoms with Gasteiger partial charge in [-0.25, -0.2) is 36.3 Å². The summed E-state index contributed by atoms with van der Waals surface area (Å²) >= 11 is 8.98. The maximum atomic E-state index is 15.2. The van der Waals surface area contributed by atoms with Crippen LogP contribution in [0.3, 0.4) is 0 Å². The molecular weight excluding hydrogens is 1780 g/mol. The highest BCUT2D eigenvalue weighted by Gasteiger charge is 2.45. The molecule has 0 radical (unpaired) electrons. The number of methoxy groups -OCH3 is 3. The fourth-order valence-corrected chi connectivity index (χ4v) is 20.8. The van der Waals surface area contributed by atoms with E-state index in [1.807, 2.05) is 13.8 Å². The van der Waals surface area contributed by atoms with Gasteiger partial charge in [0.05, 0.1) is 76.2 Å². The number of hydrogen-bond donors (Lipinski definition) is 0. The maximum absolute atomic E-state index is 15.2. The van der Waals surface area contributed by atoms with Gasteiger partial charge in [0, 0.05) is 186 Å². The second kappa shape index (κ2) is 38.7. The number of ether oxygens (including phenoxy) is 6. The van der Waals surface area contributed by atoms with Crippen LogP contribution in [0.5, 0.6) is 0 Å². The Bertz CT molecular complexity index is 5960. The highest BCUT2D eigenvalue weighted by atomic mass is 35.5. The molecule has 678 valence electrons. The zero-order valence-corrected chi connectivity index (χ0v) is 72.2. The lowest BCUT2D eigenvalue weighted by Crippen LogP contribution is -2.58. The standard InChI is InChI=1S/C29H29F5N4O4S.C29H30F4N4O4S.C27H24ClF5N4O4S/c1-5-23(39)38-15(2)10-36(11-16(38)3)27-20-9-21(29(32,33)34)24(19-7-6-17(30)8-22(19)31)26-25(20)37(28(40)35-27)12-18(13-43-26)42-14-41-4;1-5-23(38)37-16(2)11-35(12-17(37)3)27-21-10-22(29(31,32)33)24(18-6-8-19(30)9-7-18)26-25(21)36(28(39)34-27)13-20(14-42-26)41-15-40-4;1-3-21(38)35-4-6-36(7-5-35)25-16-8-17(27(31,32)33)22(15-9-18(28)20(30)10-19(15)29)24-23(16)37(26(39)34-25)11-14(12-42-24)41-13-40-2/h5-9,15-16,18H,1,10-14H2,2-4H3;5-10,16-17,20H,1,11-15H2,2-4H3;3,8-10,14H,1,4-7,11-13H2,2H3/t15-,16+,18?;16-,17+,20?;. The van der Waals surface area contributed by atoms with Crippen molar-refractivity contribution in [1.82, 2.24) is 43.4 Å². The van der Waals surface area contributed by atoms with Gasteiger partial charge in [0.2, 0.25) is 17.7 Å². The van der Waals surface area contributed by atoms with E-state index in [0.717, 1.165) is 83.8 Å². The number of carbonyl (C=O) groups excluding carboxylic acids is 3. The molecule has 6 aliphatic rings. The molecule has 6 aromatic carbocycles. The maximum Gasteiger partial charge on any atom is 0.417 e. The summed E-state index contributed by atoms with van der Waals surface area (Å²) in [5, 5.41) is -0.356. The van der Waals surface area contributed by atoms with E-state index in [1.54, 1.807) is 38.3 Å². The Morgan fingerprint density at radius 1 is 0.441 bits per heavy atom. The molecule has 0 N–H and O–H groups in total. The summed E-state index contributed by atoms with van der Waals surface area (Å²) in [6.07, 6.45) is -13.0. The van der Waals surface area contributed by atoms with Gasteiger partial charge in [0.1, 0.15) is 66.9 Å². The van der Waals surface area contributed by atoms with E-state index in [2.05, 4.69) is 34.7 Å². The quantitative estimate of drug-likeness (QED) is 0.0336. The van der Waals surface area contributed by atoms with Crippen molar-refractivity contribution in [3.05, 3.63) is 193 Å². The van der Waals surface area contributed by atoms with Gasteiger partial charge in [0.15, 0.2) is 0 Å². The van der Waals surface area contributed by atoms with Gasteiger partial charge >= 0.3 is 35.6 Å². The second-order valence-corrected chi connectivity index (χ2v) is 34.1. The van der Waals surface area contributed by atoms with Gasteiger partial charge in [-0.1, -0.05) is 43.5 Å². The highest BCUT2D eigenvalue weighted by molar-refractivity contribution is 8.00. The zero-order valence-electron chi connectivity index (χ0n) is 69.0. The fourth-order valence-electron chi connectivity index (χ4n) is 16.8. The van der Waals surface area contributed by atoms with Crippen molar-refractivity contribution in [1.29, 1.82) is 0 Å². The third-order valence-corrected chi connectivity index (χ3v) is 26.1. The Morgan fingerprint density at radius 2 is 0.787 bits per heavy atom. The third-order valence-electron chi connectivity index (χ3n) is 22.1. The number of thioether (sulfide) groups is 3. The van der Waals surface area contributed by atoms with Gasteiger partial charge in [-0.05, 0) is 100 Å². The van der Waals surface area contributed by atoms with Crippen LogP contribution in [0, 0.1) is 29.1 Å². The van der Waals surface area contributed by atoms with Crippen LogP contribution in [0.4, 0.5) is 78.9 Å². The van der Waals surface area contributed by atoms with Gasteiger partial charge in [-0.3, -0.25) is 28.1 Å². The Kier molecular flexibility index (Phi) is 28.8. The molecule has 6 aliphatic heterocycles. The topological polar surface area (TPSA) is 231 Å². The molecule has 24 nitrogen and oxygen atoms in total. The minimum absolute atomic E-state index is 0.00108. The van der Waals surface area contributed by atoms with Crippen LogP contribution in [0.15, 0.2) is 140 Å². The van der Waals surface area contributed by atoms with Crippen molar-refractivity contribution < 1.29 is 104 Å². The number of anilines is 3. The van der Waals surface area contributed by atoms with Crippen molar-refractivity contribution in [2.75, 3.05) is 126 Å². The van der Waals surface area contributed by atoms with E-state index in [4.69, 9.17) is 40.0 Å². The Morgan fingerprint density at radius 3 is 1.15 bits per heavy atom. The molecule has 3 saturated heterocycles. The SMILES string of the molecule is C=CC(=O)N1CCN(c2nc(=O)n3c4c(c(-c5cc(Cl)c(F)cc5F)c(C(F)(F)F)cc24)SCC(OCOC)C3)CC1.C=CC(=O)N1[C@H](C)CN(c2nc(=O)n3c4c(c(-c5ccc(F)cc5)c(C(F)(F)F)cc24)SCC(OCOC)C3)C[C@@H]1C.C=CC(=O)N1[C@H](C)CN(c2nc(=O)n3c4c(c(-c5ccc(F)cc5F)c(C(F)(F)F)cc24)SCC(OCOC)C3)C[C@@H]1C. The summed E-state index contributed by atoms with van der Waals surface area (Å²) in [6, 6.07) is 9.78. The molecule has 0 bridgehead atoms. The molecule has 7 atom stereocenters. The van der Waals surface area contributed by atoms with E-state index in [1.165, 1.54) is 70.3 Å². The highest BCUT2D eigenvalue weighted by Crippen LogP contribution is 2.54. The molecule has 3 amide bonds. The normalized spacial score (nSPS) is 19.7. The number of aromatic nitrogens is 6. The van der Waals surface area contributed by atoms with Crippen molar-refractivity contribution in [2.45, 2.75) is 123 Å². The van der Waals surface area contributed by atoms with E-state index >= 15 is 8.78 Å². The number of halogens is 15. The number of amides is 3. The average molecular weight is 1860 g/mol. The first-order valence-corrected chi connectivity index (χ1v) is 42.8. The largest absolute Gasteiger partial charge is 0.417 e. The molecule has 3 unspecified atom stereocenters. The van der Waals surface area contributed by atoms with Gasteiger partial charge in [-0.2, -0.15) is 54.5 Å². The van der Waals surface area contributed by atoms with Crippen LogP contribution in [0.2, 0.25) is 5.02 Å². The summed E-state index contributed by atoms with van der Waals surface area (Å²) in [5.41, 5.74) is -6.91. The smallest absolute Gasteiger partial charge is 0.359 e. The average Bonchev–Trinajstić information content (AvgIpc) is 1.72. The second-order valence-electron chi connectivity index (χ2n) is 30.6. The van der Waals surface area contributed by atoms with E-state index < -0.39 is 127 Å². The minimum Gasteiger partial charge on any atom is -0.359 e. The molecule has 9 aromatic rings. The lowest BCUT2D eigenvalue weighted by molar-refractivity contribution is -0.137. The molecule has 42 heteroatoms. The van der Waals surface area contributed by atoms with Gasteiger partial charge < -0.3 is 57.8 Å². The van der Waals surface area contributed by atoms with Crippen LogP contribution in [0.25, 0.3) is 66.1 Å². The number of rotatable bonds is 18. The van der Waals surface area contributed by atoms with Crippen LogP contribution < -0.4 is 31.8 Å². The summed E-state index contributed by atoms with van der Waals surface area (Å²) < 4.78 is 241. The molecule has 15 rings (SSSR count). The third kappa shape index (κ3) is 19.5. The molecule has 9 heterocycles. The first kappa shape index (κ1) is 94.5. The van der Waals surface area contributed by atoms with E-state index in [9.17, 15) is 81.5 Å². The van der Waals surface area contributed by atoms with Crippen molar-refractivity contribution in [3.63, 3.8) is 0 Å². The Hall–Kier alpha value is -10.1. The predicted molar refractivity (Wildman–Crippen MR) is 452 cm³/mol. The summed E-state index contributed by atoms with van der Waals surface area (Å²) in [7, 11) is 4.26. The number of piperazine rings is 3. The first-order chi connectivity index (χ1) is 60.2. The van der Waals surface area contributed by atoms with Gasteiger partial charge in [0.25, 0.3) is 0 Å². The van der Waals surface area contributed by atoms with Crippen LogP contribution in [-0.4, -0.2) is 215 Å². The fraction of sp³-hybridized carbons (Fsp3) is 0.400. The summed E-state index contributed by atoms with van der Waals surface area (Å²) in [4.78, 5) is 101. The molecule has 3 fully saturated rings. The van der Waals surface area contributed by atoms with Crippen LogP contribution in [-0.2, 0) is 81.0 Å². The van der Waals surface area contributed by atoms with E-state index in [-0.39, 0.29) is 222 Å². The number of nitrogens with zero attached hydrogens (tertiary/aromatic N) is 12. The lowest BCUT2D eigenvalue weighted by atomic mass is 9.95. The molecule has 0 spiro atoms. The molecule has 0 saturated carbocycles. The lowest BCUT2D eigenvalue weighted by Gasteiger charge is -2.44. The first-order valence-electron chi connectivity index (χ1n) is 39.4. The number of alkyl halides is 9. The molecule has 127 heavy (non-hydrogen) atoms. The minimum atomic E-state index is -4.99. The van der Waals surface area contributed by atoms with Gasteiger partial charge in [-0.15, -0.1) is 35.3 Å². The Balaban J connectivity index is 0.000000163. The van der Waals surface area contributed by atoms with Crippen molar-refractivity contribution >= 4 is 115 Å². The summed E-state index contributed by atoms with van der Waals surface area (Å²) in [6.45, 7) is 19.2. The van der Waals surface area contributed by atoms with E-state index in [0.29, 0.717) is 17.6 Å². The number of benzene rings is 6. The predicted octanol–water partition coefficient (Wildman–Crippen LogP) is 14.9. The summed E-state index contributed by atoms with van der Waals surface area (Å²) in [5.74, 6) is -5.33. The van der Waals surface area contributed by atoms with Crippen molar-refractivity contribution in [3.8, 4) is 33.4 Å². The Labute approximate surface area is 734 Å². The monoisotopic (exact) mass is 1860 g/mol. The number of hydrogen-bond acceptors (Lipinski definition) is 21. The van der Waals surface area contributed by atoms with Crippen LogP contribution in [0.1, 0.15) is 44.4 Å². The number of carbonyl (C=O) groups is 3. The van der Waals surface area contributed by atoms with Crippen molar-refractivity contribution in [2.24, 2.45) is 0 Å². The zero-order chi connectivity index (χ0) is 91.9. The molecule has 3 aromatic heterocycles.